The largest absolute Gasteiger partial charge is 0.417 e. The first-order chi connectivity index (χ1) is 14.4. The highest BCUT2D eigenvalue weighted by Crippen LogP contribution is 2.48. The van der Waals surface area contributed by atoms with E-state index in [0.29, 0.717) is 27.4 Å². The average molecular weight is 422 g/mol. The molecule has 1 heterocycles. The second-order valence-electron chi connectivity index (χ2n) is 7.12. The third-order valence-electron chi connectivity index (χ3n) is 5.28. The Bertz CT molecular complexity index is 1330. The van der Waals surface area contributed by atoms with Crippen molar-refractivity contribution in [1.29, 1.82) is 0 Å². The fourth-order valence-corrected chi connectivity index (χ4v) is 4.19. The quantitative estimate of drug-likeness (QED) is 0.313. The first-order valence-corrected chi connectivity index (χ1v) is 9.76. The van der Waals surface area contributed by atoms with E-state index in [1.807, 2.05) is 53.1 Å². The summed E-state index contributed by atoms with van der Waals surface area (Å²) in [6.07, 6.45) is -1.46. The van der Waals surface area contributed by atoms with Gasteiger partial charge in [-0.15, -0.1) is 0 Å². The predicted molar refractivity (Wildman–Crippen MR) is 116 cm³/mol. The summed E-state index contributed by atoms with van der Waals surface area (Å²) in [5, 5.41) is 1.44. The lowest BCUT2D eigenvalue weighted by molar-refractivity contribution is -0.0859. The zero-order valence-corrected chi connectivity index (χ0v) is 16.4. The number of nitrogens with zero attached hydrogens (tertiary/aromatic N) is 1. The van der Waals surface area contributed by atoms with E-state index in [1.54, 1.807) is 36.5 Å². The van der Waals surface area contributed by atoms with Crippen molar-refractivity contribution in [3.63, 3.8) is 0 Å². The highest BCUT2D eigenvalue weighted by atomic mass is 35.5. The van der Waals surface area contributed by atoms with Crippen LogP contribution < -0.4 is 0 Å². The van der Waals surface area contributed by atoms with Crippen molar-refractivity contribution in [2.45, 2.75) is 6.18 Å². The highest BCUT2D eigenvalue weighted by molar-refractivity contribution is 6.31. The first-order valence-electron chi connectivity index (χ1n) is 9.39. The maximum atomic E-state index is 14.1. The fourth-order valence-electron chi connectivity index (χ4n) is 4.01. The van der Waals surface area contributed by atoms with Gasteiger partial charge >= 0.3 is 6.18 Å². The van der Waals surface area contributed by atoms with Gasteiger partial charge in [0.1, 0.15) is 0 Å². The van der Waals surface area contributed by atoms with E-state index in [2.05, 4.69) is 0 Å². The van der Waals surface area contributed by atoms with E-state index in [0.717, 1.165) is 10.9 Å². The average Bonchev–Trinajstić information content (AvgIpc) is 3.31. The van der Waals surface area contributed by atoms with Crippen molar-refractivity contribution in [3.05, 3.63) is 112 Å². The lowest BCUT2D eigenvalue weighted by atomic mass is 9.96. The van der Waals surface area contributed by atoms with Gasteiger partial charge < -0.3 is 4.57 Å². The summed E-state index contributed by atoms with van der Waals surface area (Å²) in [4.78, 5) is 0. The SMILES string of the molecule is FC(F)(F)C1=Cc2ccccc2C1=C(c1ccccc1)n1ccc2cc(Cl)ccc21. The van der Waals surface area contributed by atoms with Crippen LogP contribution in [0.1, 0.15) is 16.7 Å². The van der Waals surface area contributed by atoms with Gasteiger partial charge in [0.05, 0.1) is 16.8 Å². The van der Waals surface area contributed by atoms with Gasteiger partial charge in [-0.25, -0.2) is 0 Å². The molecule has 148 valence electrons. The topological polar surface area (TPSA) is 4.93 Å². The van der Waals surface area contributed by atoms with Gasteiger partial charge in [-0.3, -0.25) is 0 Å². The summed E-state index contributed by atoms with van der Waals surface area (Å²) in [7, 11) is 0. The van der Waals surface area contributed by atoms with Crippen molar-refractivity contribution in [1.82, 2.24) is 4.57 Å². The molecule has 0 saturated heterocycles. The number of hydrogen-bond donors (Lipinski definition) is 0. The summed E-state index contributed by atoms with van der Waals surface area (Å²) in [6.45, 7) is 0. The lowest BCUT2D eigenvalue weighted by Crippen LogP contribution is -2.13. The number of aromatic nitrogens is 1. The number of allylic oxidation sites excluding steroid dienone is 2. The third-order valence-corrected chi connectivity index (χ3v) is 5.52. The normalized spacial score (nSPS) is 15.3. The van der Waals surface area contributed by atoms with E-state index < -0.39 is 11.7 Å². The highest BCUT2D eigenvalue weighted by Gasteiger charge is 2.41. The monoisotopic (exact) mass is 421 g/mol. The first kappa shape index (κ1) is 18.8. The summed E-state index contributed by atoms with van der Waals surface area (Å²) in [5.74, 6) is 0. The number of hydrogen-bond acceptors (Lipinski definition) is 0. The molecule has 1 aliphatic carbocycles. The maximum Gasteiger partial charge on any atom is 0.417 e. The van der Waals surface area contributed by atoms with Gasteiger partial charge in [0.2, 0.25) is 0 Å². The van der Waals surface area contributed by atoms with Gasteiger partial charge in [0.15, 0.2) is 0 Å². The predicted octanol–water partition coefficient (Wildman–Crippen LogP) is 7.67. The van der Waals surface area contributed by atoms with Crippen LogP contribution in [0.3, 0.4) is 0 Å². The number of alkyl halides is 3. The molecule has 0 saturated carbocycles. The molecule has 0 radical (unpaired) electrons. The van der Waals surface area contributed by atoms with Gasteiger partial charge in [-0.2, -0.15) is 13.2 Å². The molecule has 0 spiro atoms. The van der Waals surface area contributed by atoms with E-state index >= 15 is 0 Å². The molecule has 30 heavy (non-hydrogen) atoms. The van der Waals surface area contributed by atoms with E-state index in [9.17, 15) is 13.2 Å². The van der Waals surface area contributed by atoms with Crippen molar-refractivity contribution in [3.8, 4) is 0 Å². The molecule has 0 fully saturated rings. The Morgan fingerprint density at radius 2 is 1.57 bits per heavy atom. The molecule has 1 aromatic heterocycles. The van der Waals surface area contributed by atoms with Crippen molar-refractivity contribution < 1.29 is 13.2 Å². The zero-order valence-electron chi connectivity index (χ0n) is 15.6. The second kappa shape index (κ2) is 6.92. The Labute approximate surface area is 176 Å². The van der Waals surface area contributed by atoms with Crippen LogP contribution >= 0.6 is 11.6 Å². The van der Waals surface area contributed by atoms with Gasteiger partial charge in [-0.05, 0) is 47.0 Å². The Kier molecular flexibility index (Phi) is 4.33. The van der Waals surface area contributed by atoms with Crippen LogP contribution in [-0.2, 0) is 0 Å². The van der Waals surface area contributed by atoms with Crippen LogP contribution in [0, 0.1) is 0 Å². The molecular formula is C25H15ClF3N. The molecule has 5 rings (SSSR count). The van der Waals surface area contributed by atoms with Gasteiger partial charge in [-0.1, -0.05) is 66.2 Å². The molecule has 0 N–H and O–H groups in total. The number of halogens is 4. The maximum absolute atomic E-state index is 14.1. The van der Waals surface area contributed by atoms with Crippen LogP contribution in [0.25, 0.3) is 28.2 Å². The van der Waals surface area contributed by atoms with Crippen molar-refractivity contribution in [2.75, 3.05) is 0 Å². The van der Waals surface area contributed by atoms with Crippen molar-refractivity contribution >= 4 is 39.9 Å². The number of benzene rings is 3. The van der Waals surface area contributed by atoms with Crippen LogP contribution in [0.4, 0.5) is 13.2 Å². The fraction of sp³-hybridized carbons (Fsp3) is 0.0400. The van der Waals surface area contributed by atoms with Crippen LogP contribution in [0.2, 0.25) is 5.02 Å². The summed E-state index contributed by atoms with van der Waals surface area (Å²) >= 11 is 6.12. The Morgan fingerprint density at radius 1 is 0.833 bits per heavy atom. The Morgan fingerprint density at radius 3 is 2.33 bits per heavy atom. The molecule has 5 heteroatoms. The molecule has 0 atom stereocenters. The van der Waals surface area contributed by atoms with E-state index in [4.69, 9.17) is 11.6 Å². The van der Waals surface area contributed by atoms with Crippen LogP contribution in [0.5, 0.6) is 0 Å². The summed E-state index contributed by atoms with van der Waals surface area (Å²) < 4.78 is 44.2. The summed E-state index contributed by atoms with van der Waals surface area (Å²) in [6, 6.07) is 23.4. The van der Waals surface area contributed by atoms with Gasteiger partial charge in [0, 0.05) is 22.2 Å². The molecule has 1 aliphatic rings. The molecule has 0 unspecified atom stereocenters. The minimum atomic E-state index is -4.49. The Hall–Kier alpha value is -3.24. The molecule has 1 nitrogen and oxygen atoms in total. The third kappa shape index (κ3) is 3.04. The van der Waals surface area contributed by atoms with Crippen molar-refractivity contribution in [2.24, 2.45) is 0 Å². The number of fused-ring (bicyclic) bond motifs is 2. The standard InChI is InChI=1S/C25H15ClF3N/c26-19-10-11-22-18(14-19)12-13-30(22)24(16-6-2-1-3-7-16)23-20-9-5-4-8-17(20)15-21(23)25(27,28)29/h1-15H. The second-order valence-corrected chi connectivity index (χ2v) is 7.56. The Balaban J connectivity index is 1.91. The van der Waals surface area contributed by atoms with E-state index in [1.165, 1.54) is 6.08 Å². The van der Waals surface area contributed by atoms with Crippen LogP contribution in [-0.4, -0.2) is 10.7 Å². The van der Waals surface area contributed by atoms with Gasteiger partial charge in [0.25, 0.3) is 0 Å². The minimum Gasteiger partial charge on any atom is -0.315 e. The molecule has 4 aromatic rings. The molecule has 0 amide bonds. The summed E-state index contributed by atoms with van der Waals surface area (Å²) in [5.41, 5.74) is 2.65. The number of rotatable bonds is 2. The lowest BCUT2D eigenvalue weighted by Gasteiger charge is -2.20. The van der Waals surface area contributed by atoms with Crippen LogP contribution in [0.15, 0.2) is 90.6 Å². The molecule has 0 aliphatic heterocycles. The smallest absolute Gasteiger partial charge is 0.315 e. The molecule has 3 aromatic carbocycles. The zero-order chi connectivity index (χ0) is 20.9. The molecular weight excluding hydrogens is 407 g/mol. The van der Waals surface area contributed by atoms with E-state index in [-0.39, 0.29) is 5.57 Å². The minimum absolute atomic E-state index is 0.178. The molecule has 0 bridgehead atoms.